The molecule has 3 N–H and O–H groups in total. The summed E-state index contributed by atoms with van der Waals surface area (Å²) in [5.41, 5.74) is 4.87. The Morgan fingerprint density at radius 3 is 2.28 bits per heavy atom. The van der Waals surface area contributed by atoms with Crippen LogP contribution in [0.25, 0.3) is 0 Å². The molecule has 0 aliphatic heterocycles. The number of rotatable bonds is 5. The molecule has 0 fully saturated rings. The number of nitrogens with zero attached hydrogens (tertiary/aromatic N) is 1. The maximum atomic E-state index is 12.9. The molecule has 0 aliphatic rings. The first-order valence-corrected chi connectivity index (χ1v) is 8.66. The molecule has 0 aliphatic carbocycles. The Hall–Kier alpha value is -2.10. The Bertz CT molecular complexity index is 834. The van der Waals surface area contributed by atoms with Crippen LogP contribution in [0.15, 0.2) is 53.4 Å². The normalized spacial score (nSPS) is 13.5. The van der Waals surface area contributed by atoms with Gasteiger partial charge in [-0.15, -0.1) is 0 Å². The Labute approximate surface area is 143 Å². The number of benzene rings is 2. The zero-order valence-electron chi connectivity index (χ0n) is 13.2. The zero-order chi connectivity index (χ0) is 18.8. The summed E-state index contributed by atoms with van der Waals surface area (Å²) >= 11 is 0. The van der Waals surface area contributed by atoms with Crippen molar-refractivity contribution in [1.29, 1.82) is 0 Å². The van der Waals surface area contributed by atoms with Crippen LogP contribution in [0.1, 0.15) is 11.1 Å². The third-order valence-corrected chi connectivity index (χ3v) is 5.23. The van der Waals surface area contributed by atoms with Gasteiger partial charge in [-0.2, -0.15) is 13.2 Å². The molecular formula is C16H17F3N2O3S. The molecule has 0 heterocycles. The summed E-state index contributed by atoms with van der Waals surface area (Å²) in [5.74, 6) is 0. The molecule has 0 aromatic heterocycles. The van der Waals surface area contributed by atoms with E-state index >= 15 is 0 Å². The van der Waals surface area contributed by atoms with Crippen molar-refractivity contribution in [1.82, 2.24) is 0 Å². The number of nitrogens with two attached hydrogens (primary N) is 1. The topological polar surface area (TPSA) is 83.6 Å². The molecule has 0 bridgehead atoms. The van der Waals surface area contributed by atoms with E-state index in [0.29, 0.717) is 10.4 Å². The minimum atomic E-state index is -4.63. The fraction of sp³-hybridized carbons (Fsp3) is 0.250. The summed E-state index contributed by atoms with van der Waals surface area (Å²) in [6.07, 6.45) is -6.19. The highest BCUT2D eigenvalue weighted by Crippen LogP contribution is 2.33. The van der Waals surface area contributed by atoms with Gasteiger partial charge < -0.3 is 10.8 Å². The highest BCUT2D eigenvalue weighted by molar-refractivity contribution is 7.92. The van der Waals surface area contributed by atoms with Crippen molar-refractivity contribution >= 4 is 15.7 Å². The van der Waals surface area contributed by atoms with Crippen molar-refractivity contribution in [3.8, 4) is 0 Å². The Morgan fingerprint density at radius 1 is 1.16 bits per heavy atom. The Kier molecular flexibility index (Phi) is 5.40. The summed E-state index contributed by atoms with van der Waals surface area (Å²) in [6, 6.07) is 9.66. The molecule has 0 spiro atoms. The largest absolute Gasteiger partial charge is 0.416 e. The van der Waals surface area contributed by atoms with Crippen LogP contribution in [-0.4, -0.2) is 26.3 Å². The van der Waals surface area contributed by atoms with Gasteiger partial charge in [-0.1, -0.05) is 23.8 Å². The van der Waals surface area contributed by atoms with Gasteiger partial charge in [0.25, 0.3) is 10.0 Å². The average molecular weight is 374 g/mol. The number of sulfonamides is 1. The van der Waals surface area contributed by atoms with E-state index in [2.05, 4.69) is 0 Å². The van der Waals surface area contributed by atoms with Crippen LogP contribution in [0.5, 0.6) is 0 Å². The third-order valence-electron chi connectivity index (χ3n) is 3.42. The van der Waals surface area contributed by atoms with Gasteiger partial charge in [0.05, 0.1) is 22.7 Å². The van der Waals surface area contributed by atoms with Gasteiger partial charge in [-0.05, 0) is 37.3 Å². The van der Waals surface area contributed by atoms with E-state index in [9.17, 15) is 26.7 Å². The third kappa shape index (κ3) is 4.50. The van der Waals surface area contributed by atoms with Crippen LogP contribution in [0, 0.1) is 6.92 Å². The van der Waals surface area contributed by atoms with Gasteiger partial charge in [-0.25, -0.2) is 8.42 Å². The fourth-order valence-electron chi connectivity index (χ4n) is 2.19. The molecule has 1 unspecified atom stereocenters. The van der Waals surface area contributed by atoms with E-state index in [1.54, 1.807) is 19.1 Å². The van der Waals surface area contributed by atoms with Crippen molar-refractivity contribution in [2.24, 2.45) is 5.73 Å². The Balaban J connectivity index is 2.55. The van der Waals surface area contributed by atoms with Crippen molar-refractivity contribution < 1.29 is 26.7 Å². The molecule has 9 heteroatoms. The summed E-state index contributed by atoms with van der Waals surface area (Å²) in [5, 5.41) is 9.42. The number of aliphatic hydroxyl groups excluding tert-OH is 1. The first kappa shape index (κ1) is 19.2. The zero-order valence-corrected chi connectivity index (χ0v) is 14.1. The molecular weight excluding hydrogens is 357 g/mol. The molecule has 0 saturated heterocycles. The molecule has 0 saturated carbocycles. The monoisotopic (exact) mass is 374 g/mol. The van der Waals surface area contributed by atoms with Crippen molar-refractivity contribution in [3.05, 3.63) is 59.7 Å². The fourth-order valence-corrected chi connectivity index (χ4v) is 3.66. The predicted molar refractivity (Wildman–Crippen MR) is 87.3 cm³/mol. The number of aryl methyl sites for hydroxylation is 1. The van der Waals surface area contributed by atoms with E-state index in [1.165, 1.54) is 18.2 Å². The minimum absolute atomic E-state index is 0.115. The second-order valence-corrected chi connectivity index (χ2v) is 7.33. The van der Waals surface area contributed by atoms with Gasteiger partial charge in [0, 0.05) is 0 Å². The first-order chi connectivity index (χ1) is 11.5. The standard InChI is InChI=1S/C16H17F3N2O3S/c1-11-5-7-14(8-6-11)25(23,24)21(10-15(20)22)13-4-2-3-12(9-13)16(17,18)19/h2-9,15,22H,10,20H2,1H3. The van der Waals surface area contributed by atoms with Gasteiger partial charge in [-0.3, -0.25) is 4.31 Å². The van der Waals surface area contributed by atoms with E-state index in [0.717, 1.165) is 17.7 Å². The van der Waals surface area contributed by atoms with Gasteiger partial charge in [0.1, 0.15) is 6.23 Å². The van der Waals surface area contributed by atoms with Crippen LogP contribution >= 0.6 is 0 Å². The number of hydrogen-bond acceptors (Lipinski definition) is 4. The average Bonchev–Trinajstić information content (AvgIpc) is 2.52. The Morgan fingerprint density at radius 2 is 1.76 bits per heavy atom. The van der Waals surface area contributed by atoms with E-state index in [-0.39, 0.29) is 10.6 Å². The summed E-state index contributed by atoms with van der Waals surface area (Å²) in [7, 11) is -4.20. The summed E-state index contributed by atoms with van der Waals surface area (Å²) in [6.45, 7) is 1.18. The van der Waals surface area contributed by atoms with Crippen LogP contribution in [-0.2, 0) is 16.2 Å². The molecule has 5 nitrogen and oxygen atoms in total. The molecule has 0 radical (unpaired) electrons. The number of halogens is 3. The van der Waals surface area contributed by atoms with E-state index in [1.807, 2.05) is 0 Å². The lowest BCUT2D eigenvalue weighted by Crippen LogP contribution is -2.41. The highest BCUT2D eigenvalue weighted by Gasteiger charge is 2.33. The smallest absolute Gasteiger partial charge is 0.377 e. The number of anilines is 1. The SMILES string of the molecule is Cc1ccc(S(=O)(=O)N(CC(N)O)c2cccc(C(F)(F)F)c2)cc1. The lowest BCUT2D eigenvalue weighted by Gasteiger charge is -2.26. The van der Waals surface area contributed by atoms with Crippen molar-refractivity contribution in [2.45, 2.75) is 24.2 Å². The maximum absolute atomic E-state index is 12.9. The molecule has 2 rings (SSSR count). The van der Waals surface area contributed by atoms with Gasteiger partial charge in [0.15, 0.2) is 0 Å². The summed E-state index contributed by atoms with van der Waals surface area (Å²) < 4.78 is 65.0. The lowest BCUT2D eigenvalue weighted by molar-refractivity contribution is -0.137. The highest BCUT2D eigenvalue weighted by atomic mass is 32.2. The van der Waals surface area contributed by atoms with Crippen molar-refractivity contribution in [2.75, 3.05) is 10.8 Å². The molecule has 0 amide bonds. The molecule has 2 aromatic rings. The van der Waals surface area contributed by atoms with Crippen LogP contribution in [0.4, 0.5) is 18.9 Å². The number of alkyl halides is 3. The maximum Gasteiger partial charge on any atom is 0.416 e. The second-order valence-electron chi connectivity index (χ2n) is 5.46. The first-order valence-electron chi connectivity index (χ1n) is 7.22. The van der Waals surface area contributed by atoms with Crippen LogP contribution in [0.2, 0.25) is 0 Å². The molecule has 1 atom stereocenters. The minimum Gasteiger partial charge on any atom is -0.377 e. The second kappa shape index (κ2) is 7.03. The van der Waals surface area contributed by atoms with Crippen LogP contribution < -0.4 is 10.0 Å². The quantitative estimate of drug-likeness (QED) is 0.788. The van der Waals surface area contributed by atoms with Crippen LogP contribution in [0.3, 0.4) is 0 Å². The van der Waals surface area contributed by atoms with Crippen molar-refractivity contribution in [3.63, 3.8) is 0 Å². The number of aliphatic hydroxyl groups is 1. The summed E-state index contributed by atoms with van der Waals surface area (Å²) in [4.78, 5) is -0.115. The lowest BCUT2D eigenvalue weighted by atomic mass is 10.2. The molecule has 25 heavy (non-hydrogen) atoms. The predicted octanol–water partition coefficient (Wildman–Crippen LogP) is 2.49. The molecule has 136 valence electrons. The number of hydrogen-bond donors (Lipinski definition) is 2. The van der Waals surface area contributed by atoms with E-state index in [4.69, 9.17) is 5.73 Å². The van der Waals surface area contributed by atoms with Gasteiger partial charge >= 0.3 is 6.18 Å². The van der Waals surface area contributed by atoms with Gasteiger partial charge in [0.2, 0.25) is 0 Å². The molecule has 2 aromatic carbocycles. The van der Waals surface area contributed by atoms with E-state index < -0.39 is 34.5 Å².